The Labute approximate surface area is 50.4 Å². The fourth-order valence-electron chi connectivity index (χ4n) is 0.102. The molecule has 7 nitrogen and oxygen atoms in total. The van der Waals surface area contributed by atoms with Crippen molar-refractivity contribution >= 4 is 15.4 Å². The predicted molar refractivity (Wildman–Crippen MR) is 25.5 cm³/mol. The van der Waals surface area contributed by atoms with Gasteiger partial charge in [0, 0.05) is 0 Å². The number of rotatable bonds is 3. The van der Waals surface area contributed by atoms with Crippen LogP contribution in [0.1, 0.15) is 0 Å². The van der Waals surface area contributed by atoms with Gasteiger partial charge >= 0.3 is 12.4 Å². The molecule has 0 spiro atoms. The van der Waals surface area contributed by atoms with E-state index in [2.05, 4.69) is 4.62 Å². The zero-order valence-electron chi connectivity index (χ0n) is 3.83. The molecule has 0 heterocycles. The zero-order chi connectivity index (χ0) is 7.49. The molecular weight excluding hydrogens is 172 g/mol. The van der Waals surface area contributed by atoms with E-state index in [0.29, 0.717) is 0 Å². The summed E-state index contributed by atoms with van der Waals surface area (Å²) in [6.45, 7) is 0. The Hall–Kier alpha value is -0.510. The molecule has 0 fully saturated rings. The van der Waals surface area contributed by atoms with Crippen molar-refractivity contribution < 1.29 is 23.7 Å². The summed E-state index contributed by atoms with van der Waals surface area (Å²) in [7, 11) is -5.80. The first-order chi connectivity index (χ1) is 3.98. The van der Waals surface area contributed by atoms with E-state index in [4.69, 9.17) is 4.89 Å². The Morgan fingerprint density at radius 1 is 1.78 bits per heavy atom. The van der Waals surface area contributed by atoms with Gasteiger partial charge in [-0.25, -0.2) is 9.19 Å². The molecule has 9 heavy (non-hydrogen) atoms. The Morgan fingerprint density at radius 3 is 2.33 bits per heavy atom. The van der Waals surface area contributed by atoms with Crippen LogP contribution in [0.4, 0.5) is 0 Å². The van der Waals surface area contributed by atoms with Crippen LogP contribution in [0.5, 0.6) is 0 Å². The summed E-state index contributed by atoms with van der Waals surface area (Å²) in [6, 6.07) is 0. The quantitative estimate of drug-likeness (QED) is 0.380. The van der Waals surface area contributed by atoms with Gasteiger partial charge in [0.15, 0.2) is 0 Å². The van der Waals surface area contributed by atoms with Crippen molar-refractivity contribution in [2.75, 3.05) is 0 Å². The number of hydrogen-bond donors (Lipinski definition) is 1. The summed E-state index contributed by atoms with van der Waals surface area (Å²) in [5.74, 6) is 0. The highest BCUT2D eigenvalue weighted by Gasteiger charge is 2.23. The summed E-state index contributed by atoms with van der Waals surface area (Å²) < 4.78 is 22.6. The molecule has 0 aromatic rings. The summed E-state index contributed by atoms with van der Waals surface area (Å²) in [5, 5.41) is 7.80. The summed E-state index contributed by atoms with van der Waals surface area (Å²) in [5.41, 5.74) is 0. The fourth-order valence-corrected chi connectivity index (χ4v) is 0.574. The van der Waals surface area contributed by atoms with Crippen LogP contribution in [0.25, 0.3) is 0 Å². The minimum absolute atomic E-state index is 1.29. The molecule has 0 bridgehead atoms. The zero-order valence-corrected chi connectivity index (χ0v) is 5.62. The molecule has 1 unspecified atom stereocenters. The van der Waals surface area contributed by atoms with Gasteiger partial charge in [-0.1, -0.05) is 0 Å². The van der Waals surface area contributed by atoms with Crippen molar-refractivity contribution in [3.63, 3.8) is 0 Å². The largest absolute Gasteiger partial charge is 0.453 e. The monoisotopic (exact) mass is 173 g/mol. The van der Waals surface area contributed by atoms with E-state index >= 15 is 0 Å². The van der Waals surface area contributed by atoms with Crippen molar-refractivity contribution in [3.05, 3.63) is 10.1 Å². The summed E-state index contributed by atoms with van der Waals surface area (Å²) >= 11 is 0. The lowest BCUT2D eigenvalue weighted by Crippen LogP contribution is -1.93. The van der Waals surface area contributed by atoms with E-state index in [0.717, 1.165) is 0 Å². The molecule has 52 valence electrons. The molecule has 9 heteroatoms. The Bertz CT molecular complexity index is 172. The van der Waals surface area contributed by atoms with Crippen LogP contribution in [0.15, 0.2) is 0 Å². The van der Waals surface area contributed by atoms with Gasteiger partial charge in [0.1, 0.15) is 0 Å². The van der Waals surface area contributed by atoms with Gasteiger partial charge in [0.05, 0.1) is 0 Å². The van der Waals surface area contributed by atoms with Gasteiger partial charge in [0.25, 0.3) is 8.15 Å². The van der Waals surface area contributed by atoms with Gasteiger partial charge in [-0.05, 0) is 0 Å². The molecule has 0 aliphatic rings. The molecule has 0 saturated heterocycles. The minimum atomic E-state index is -4.51. The van der Waals surface area contributed by atoms with Gasteiger partial charge < -0.3 is 4.89 Å². The molecule has 1 atom stereocenters. The Kier molecular flexibility index (Phi) is 2.70. The van der Waals surface area contributed by atoms with Crippen LogP contribution in [0.3, 0.4) is 0 Å². The predicted octanol–water partition coefficient (Wildman–Crippen LogP) is 0.587. The first-order valence-corrected chi connectivity index (χ1v) is 4.59. The smallest absolute Gasteiger partial charge is 0.317 e. The standard InChI is InChI=1S/HNO6P2/c2-1(3)7-9(5,6)8-4/h(H,5,6). The lowest BCUT2D eigenvalue weighted by Gasteiger charge is -1.94. The van der Waals surface area contributed by atoms with E-state index in [-0.39, 0.29) is 0 Å². The minimum Gasteiger partial charge on any atom is -0.317 e. The maximum atomic E-state index is 9.96. The highest BCUT2D eigenvalue weighted by Crippen LogP contribution is 2.54. The second kappa shape index (κ2) is 2.87. The van der Waals surface area contributed by atoms with Crippen molar-refractivity contribution in [2.45, 2.75) is 0 Å². The third kappa shape index (κ3) is 4.02. The molecule has 1 N–H and O–H groups in total. The van der Waals surface area contributed by atoms with Crippen LogP contribution >= 0.6 is 15.4 Å². The van der Waals surface area contributed by atoms with E-state index in [1.807, 2.05) is 0 Å². The third-order valence-corrected chi connectivity index (χ3v) is 1.67. The van der Waals surface area contributed by atoms with Gasteiger partial charge in [-0.15, -0.1) is 10.1 Å². The second-order valence-electron chi connectivity index (χ2n) is 0.877. The Morgan fingerprint density at radius 2 is 2.22 bits per heavy atom. The lowest BCUT2D eigenvalue weighted by molar-refractivity contribution is -0.714. The molecule has 0 aromatic carbocycles. The second-order valence-corrected chi connectivity index (χ2v) is 4.19. The molecule has 0 saturated carbocycles. The normalized spacial score (nSPS) is 16.6. The van der Waals surface area contributed by atoms with Crippen LogP contribution < -0.4 is 0 Å². The molecule has 0 aliphatic carbocycles. The summed E-state index contributed by atoms with van der Waals surface area (Å²) in [4.78, 5) is 17.3. The van der Waals surface area contributed by atoms with Crippen molar-refractivity contribution in [1.82, 2.24) is 0 Å². The fraction of sp³-hybridized carbons (Fsp3) is 0. The highest BCUT2D eigenvalue weighted by molar-refractivity contribution is 8.14. The SMILES string of the molecule is O=PP(=O)(O)O[N+](=O)[O-]. The molecule has 0 radical (unpaired) electrons. The highest BCUT2D eigenvalue weighted by atomic mass is 32.1. The molecule has 0 aromatic heterocycles. The molecular formula is HNO6P2. The van der Waals surface area contributed by atoms with E-state index in [1.165, 1.54) is 0 Å². The van der Waals surface area contributed by atoms with E-state index in [9.17, 15) is 19.2 Å². The average Bonchev–Trinajstić information content (AvgIpc) is 1.63. The summed E-state index contributed by atoms with van der Waals surface area (Å²) in [6.07, 6.45) is 0. The first kappa shape index (κ1) is 8.49. The van der Waals surface area contributed by atoms with Crippen LogP contribution in [-0.2, 0) is 13.8 Å². The van der Waals surface area contributed by atoms with Crippen molar-refractivity contribution in [2.24, 2.45) is 0 Å². The maximum Gasteiger partial charge on any atom is 0.453 e. The third-order valence-electron chi connectivity index (χ3n) is 0.276. The van der Waals surface area contributed by atoms with Crippen LogP contribution in [-0.4, -0.2) is 9.98 Å². The van der Waals surface area contributed by atoms with Crippen molar-refractivity contribution in [1.29, 1.82) is 0 Å². The number of nitrogens with zero attached hydrogens (tertiary/aromatic N) is 1. The molecule has 0 rings (SSSR count). The topological polar surface area (TPSA) is 107 Å². The van der Waals surface area contributed by atoms with Gasteiger partial charge in [0.2, 0.25) is 0 Å². The first-order valence-electron chi connectivity index (χ1n) is 1.50. The van der Waals surface area contributed by atoms with E-state index < -0.39 is 20.5 Å². The molecule has 0 amide bonds. The van der Waals surface area contributed by atoms with Crippen LogP contribution in [0, 0.1) is 10.1 Å². The number of hydrogen-bond acceptors (Lipinski definition) is 5. The van der Waals surface area contributed by atoms with Gasteiger partial charge in [-0.3, -0.25) is 4.57 Å². The van der Waals surface area contributed by atoms with Crippen molar-refractivity contribution in [3.8, 4) is 0 Å². The van der Waals surface area contributed by atoms with Crippen LogP contribution in [0.2, 0.25) is 0 Å². The van der Waals surface area contributed by atoms with Gasteiger partial charge in [-0.2, -0.15) is 0 Å². The lowest BCUT2D eigenvalue weighted by atomic mass is 13.1. The maximum absolute atomic E-state index is 9.96. The Balaban J connectivity index is 4.03. The molecule has 0 aliphatic heterocycles. The average molecular weight is 173 g/mol. The van der Waals surface area contributed by atoms with E-state index in [1.54, 1.807) is 0 Å².